The second kappa shape index (κ2) is 13.0. The topological polar surface area (TPSA) is 164 Å². The van der Waals surface area contributed by atoms with Crippen molar-refractivity contribution in [1.29, 1.82) is 0 Å². The molecule has 0 aliphatic carbocycles. The van der Waals surface area contributed by atoms with Crippen molar-refractivity contribution in [1.82, 2.24) is 19.1 Å². The highest BCUT2D eigenvalue weighted by Gasteiger charge is 2.36. The highest BCUT2D eigenvalue weighted by Crippen LogP contribution is 2.37. The smallest absolute Gasteiger partial charge is 0.425 e. The number of hydrogen-bond donors (Lipinski definition) is 1. The zero-order chi connectivity index (χ0) is 37.7. The largest absolute Gasteiger partial charge is 0.443 e. The van der Waals surface area contributed by atoms with Crippen molar-refractivity contribution in [3.63, 3.8) is 0 Å². The molecular formula is C36H47N5O9. The number of carbonyl (C=O) groups excluding carboxylic acids is 4. The maximum Gasteiger partial charge on any atom is 0.425 e. The zero-order valence-corrected chi connectivity index (χ0v) is 31.0. The van der Waals surface area contributed by atoms with Crippen molar-refractivity contribution in [2.45, 2.75) is 119 Å². The van der Waals surface area contributed by atoms with E-state index in [2.05, 4.69) is 9.97 Å². The van der Waals surface area contributed by atoms with E-state index in [1.807, 2.05) is 0 Å². The van der Waals surface area contributed by atoms with E-state index in [4.69, 9.17) is 18.9 Å². The molecule has 4 rings (SSSR count). The van der Waals surface area contributed by atoms with Gasteiger partial charge in [-0.25, -0.2) is 38.3 Å². The van der Waals surface area contributed by atoms with Gasteiger partial charge in [0.2, 0.25) is 0 Å². The number of amides is 2. The number of carbonyl (C=O) groups is 4. The van der Waals surface area contributed by atoms with Crippen molar-refractivity contribution in [2.24, 2.45) is 0 Å². The first-order valence-electron chi connectivity index (χ1n) is 16.2. The Morgan fingerprint density at radius 2 is 1.20 bits per heavy atom. The molecule has 50 heavy (non-hydrogen) atoms. The second-order valence-corrected chi connectivity index (χ2v) is 15.9. The van der Waals surface area contributed by atoms with Gasteiger partial charge in [-0.15, -0.1) is 0 Å². The lowest BCUT2D eigenvalue weighted by atomic mass is 10.1. The number of pyridine rings is 1. The molecule has 1 aromatic carbocycles. The molecule has 0 aliphatic rings. The van der Waals surface area contributed by atoms with Crippen molar-refractivity contribution in [3.8, 4) is 11.3 Å². The first-order valence-corrected chi connectivity index (χ1v) is 16.2. The van der Waals surface area contributed by atoms with Crippen LogP contribution in [-0.4, -0.2) is 71.0 Å². The summed E-state index contributed by atoms with van der Waals surface area (Å²) in [5.74, 6) is -0.0958. The molecule has 14 heteroatoms. The van der Waals surface area contributed by atoms with Gasteiger partial charge < -0.3 is 24.1 Å². The minimum absolute atomic E-state index is 0.0709. The van der Waals surface area contributed by atoms with Crippen molar-refractivity contribution >= 4 is 52.3 Å². The van der Waals surface area contributed by atoms with Gasteiger partial charge in [0.05, 0.1) is 17.8 Å². The number of fused-ring (bicyclic) bond motifs is 2. The van der Waals surface area contributed by atoms with E-state index in [1.165, 1.54) is 10.6 Å². The van der Waals surface area contributed by atoms with Crippen LogP contribution >= 0.6 is 0 Å². The maximum atomic E-state index is 13.9. The van der Waals surface area contributed by atoms with Gasteiger partial charge in [-0.2, -0.15) is 4.90 Å². The minimum Gasteiger partial charge on any atom is -0.443 e. The van der Waals surface area contributed by atoms with Crippen LogP contribution in [0.2, 0.25) is 0 Å². The molecule has 0 saturated heterocycles. The molecule has 0 atom stereocenters. The van der Waals surface area contributed by atoms with Gasteiger partial charge in [-0.1, -0.05) is 6.07 Å². The van der Waals surface area contributed by atoms with E-state index in [9.17, 15) is 24.3 Å². The van der Waals surface area contributed by atoms with Gasteiger partial charge >= 0.3 is 24.4 Å². The fourth-order valence-corrected chi connectivity index (χ4v) is 4.92. The maximum absolute atomic E-state index is 13.9. The average molecular weight is 694 g/mol. The number of benzene rings is 1. The van der Waals surface area contributed by atoms with Gasteiger partial charge in [0, 0.05) is 10.9 Å². The fourth-order valence-electron chi connectivity index (χ4n) is 4.92. The molecule has 1 N–H and O–H groups in total. The average Bonchev–Trinajstić information content (AvgIpc) is 3.45. The van der Waals surface area contributed by atoms with E-state index in [-0.39, 0.29) is 40.7 Å². The van der Waals surface area contributed by atoms with Crippen LogP contribution < -0.4 is 4.90 Å². The minimum atomic E-state index is -1.09. The second-order valence-electron chi connectivity index (χ2n) is 15.9. The number of imide groups is 1. The molecular weight excluding hydrogens is 646 g/mol. The summed E-state index contributed by atoms with van der Waals surface area (Å²) in [6, 6.07) is 8.14. The van der Waals surface area contributed by atoms with E-state index in [0.29, 0.717) is 21.4 Å². The lowest BCUT2D eigenvalue weighted by molar-refractivity contribution is 0.0425. The van der Waals surface area contributed by atoms with Crippen LogP contribution in [0.4, 0.5) is 25.0 Å². The number of nitrogens with zero attached hydrogens (tertiary/aromatic N) is 5. The first-order chi connectivity index (χ1) is 22.8. The number of ether oxygens (including phenoxy) is 4. The van der Waals surface area contributed by atoms with Gasteiger partial charge in [-0.05, 0) is 120 Å². The molecule has 3 aromatic heterocycles. The van der Waals surface area contributed by atoms with Gasteiger partial charge in [0.25, 0.3) is 0 Å². The van der Waals surface area contributed by atoms with Crippen LogP contribution in [0.15, 0.2) is 30.3 Å². The van der Waals surface area contributed by atoms with Crippen molar-refractivity contribution < 1.29 is 43.2 Å². The first kappa shape index (κ1) is 37.8. The Bertz CT molecular complexity index is 1950. The third-order valence-corrected chi connectivity index (χ3v) is 6.63. The summed E-state index contributed by atoms with van der Waals surface area (Å²) in [4.78, 5) is 65.0. The summed E-state index contributed by atoms with van der Waals surface area (Å²) >= 11 is 0. The standard InChI is InChI=1S/C36H47N5O9/c1-20-37-27-23(25-17-22-16-21(19-42)14-15-24(22)40(25)30(44)48-34(5,6)7)18-26(38-28(27)39(20)29(43)47-33(2,3)4)41(31(45)49-35(8,9)10)32(46)50-36(11,12)13/h14-18,42H,19H2,1-13H3. The SMILES string of the molecule is Cc1nc2c(-c3cc4cc(CO)ccc4n3C(=O)OC(C)(C)C)cc(N(C(=O)OC(C)(C)C)C(=O)OC(C)(C)C)nc2n1C(=O)OC(C)(C)C. The molecule has 14 nitrogen and oxygen atoms in total. The molecule has 0 saturated carbocycles. The monoisotopic (exact) mass is 693 g/mol. The van der Waals surface area contributed by atoms with Crippen LogP contribution in [0.1, 0.15) is 94.5 Å². The quantitative estimate of drug-likeness (QED) is 0.206. The number of aromatic nitrogens is 4. The van der Waals surface area contributed by atoms with Crippen LogP contribution in [-0.2, 0) is 25.6 Å². The molecule has 270 valence electrons. The number of rotatable bonds is 3. The molecule has 0 unspecified atom stereocenters. The van der Waals surface area contributed by atoms with E-state index < -0.39 is 46.8 Å². The van der Waals surface area contributed by atoms with Gasteiger partial charge in [0.1, 0.15) is 33.7 Å². The Morgan fingerprint density at radius 3 is 1.68 bits per heavy atom. The number of imidazole rings is 1. The summed E-state index contributed by atoms with van der Waals surface area (Å²) in [6.45, 7) is 21.5. The third kappa shape index (κ3) is 8.59. The number of hydrogen-bond acceptors (Lipinski definition) is 11. The lowest BCUT2D eigenvalue weighted by Crippen LogP contribution is -2.44. The number of aliphatic hydroxyl groups is 1. The number of aliphatic hydroxyl groups excluding tert-OH is 1. The Kier molecular flexibility index (Phi) is 9.87. The Balaban J connectivity index is 2.16. The summed E-state index contributed by atoms with van der Waals surface area (Å²) in [5.41, 5.74) is -2.26. The van der Waals surface area contributed by atoms with Crippen LogP contribution in [0, 0.1) is 6.92 Å². The normalized spacial score (nSPS) is 12.6. The summed E-state index contributed by atoms with van der Waals surface area (Å²) in [7, 11) is 0. The van der Waals surface area contributed by atoms with Gasteiger partial charge in [0.15, 0.2) is 11.5 Å². The van der Waals surface area contributed by atoms with E-state index in [0.717, 1.165) is 4.57 Å². The molecule has 2 amide bonds. The Hall–Kier alpha value is -4.98. The van der Waals surface area contributed by atoms with E-state index in [1.54, 1.807) is 114 Å². The zero-order valence-electron chi connectivity index (χ0n) is 31.0. The number of aryl methyl sites for hydroxylation is 1. The highest BCUT2D eigenvalue weighted by atomic mass is 16.6. The fraction of sp³-hybridized carbons (Fsp3) is 0.500. The highest BCUT2D eigenvalue weighted by molar-refractivity contribution is 6.11. The predicted octanol–water partition coefficient (Wildman–Crippen LogP) is 8.10. The molecule has 0 aliphatic heterocycles. The Morgan fingerprint density at radius 1 is 0.700 bits per heavy atom. The third-order valence-electron chi connectivity index (χ3n) is 6.63. The van der Waals surface area contributed by atoms with Crippen molar-refractivity contribution in [2.75, 3.05) is 4.90 Å². The molecule has 4 aromatic rings. The Labute approximate surface area is 291 Å². The van der Waals surface area contributed by atoms with Crippen LogP contribution in [0.5, 0.6) is 0 Å². The molecule has 0 fully saturated rings. The molecule has 0 bridgehead atoms. The van der Waals surface area contributed by atoms with Gasteiger partial charge in [-0.3, -0.25) is 0 Å². The molecule has 0 radical (unpaired) electrons. The van der Waals surface area contributed by atoms with Crippen LogP contribution in [0.25, 0.3) is 33.3 Å². The lowest BCUT2D eigenvalue weighted by Gasteiger charge is -2.28. The van der Waals surface area contributed by atoms with Crippen molar-refractivity contribution in [3.05, 3.63) is 41.7 Å². The summed E-state index contributed by atoms with van der Waals surface area (Å²) in [5, 5.41) is 10.4. The summed E-state index contributed by atoms with van der Waals surface area (Å²) in [6.07, 6.45) is -3.73. The molecule has 0 spiro atoms. The van der Waals surface area contributed by atoms with Crippen LogP contribution in [0.3, 0.4) is 0 Å². The predicted molar refractivity (Wildman–Crippen MR) is 187 cm³/mol. The molecule has 3 heterocycles. The summed E-state index contributed by atoms with van der Waals surface area (Å²) < 4.78 is 25.2. The number of anilines is 1. The van der Waals surface area contributed by atoms with E-state index >= 15 is 0 Å².